The first-order chi connectivity index (χ1) is 12.5. The van der Waals surface area contributed by atoms with Crippen molar-refractivity contribution in [3.63, 3.8) is 0 Å². The third-order valence-corrected chi connectivity index (χ3v) is 4.74. The van der Waals surface area contributed by atoms with E-state index in [9.17, 15) is 9.59 Å². The largest absolute Gasteiger partial charge is 0.497 e. The quantitative estimate of drug-likeness (QED) is 0.832. The lowest BCUT2D eigenvalue weighted by Gasteiger charge is -2.25. The van der Waals surface area contributed by atoms with E-state index in [-0.39, 0.29) is 35.4 Å². The molecule has 7 nitrogen and oxygen atoms in total. The molecule has 0 saturated heterocycles. The maximum atomic E-state index is 12.4. The van der Waals surface area contributed by atoms with Gasteiger partial charge in [0, 0.05) is 18.8 Å². The molecule has 1 atom stereocenters. The minimum atomic E-state index is -0.279. The second kappa shape index (κ2) is 7.59. The van der Waals surface area contributed by atoms with Gasteiger partial charge in [0.25, 0.3) is 11.8 Å². The third kappa shape index (κ3) is 3.56. The monoisotopic (exact) mass is 356 g/mol. The first-order valence-corrected chi connectivity index (χ1v) is 8.88. The van der Waals surface area contributed by atoms with Crippen LogP contribution in [0.1, 0.15) is 59.4 Å². The molecular formula is C19H24N4O3. The summed E-state index contributed by atoms with van der Waals surface area (Å²) in [4.78, 5) is 29.0. The molecule has 1 aromatic carbocycles. The molecule has 3 rings (SSSR count). The number of aromatic nitrogens is 2. The van der Waals surface area contributed by atoms with E-state index in [0.29, 0.717) is 6.54 Å². The molecule has 2 heterocycles. The van der Waals surface area contributed by atoms with Gasteiger partial charge in [-0.3, -0.25) is 9.59 Å². The van der Waals surface area contributed by atoms with Crippen molar-refractivity contribution in [3.05, 3.63) is 47.5 Å². The summed E-state index contributed by atoms with van der Waals surface area (Å²) in [7, 11) is 1.61. The smallest absolute Gasteiger partial charge is 0.287 e. The van der Waals surface area contributed by atoms with Gasteiger partial charge in [0.2, 0.25) is 0 Å². The summed E-state index contributed by atoms with van der Waals surface area (Å²) in [5, 5.41) is 5.90. The first kappa shape index (κ1) is 18.0. The normalized spacial score (nSPS) is 16.2. The first-order valence-electron chi connectivity index (χ1n) is 8.88. The van der Waals surface area contributed by atoms with Crippen molar-refractivity contribution < 1.29 is 14.3 Å². The van der Waals surface area contributed by atoms with Gasteiger partial charge in [0.15, 0.2) is 5.82 Å². The molecule has 2 aromatic rings. The average Bonchev–Trinajstić information content (AvgIpc) is 3.11. The minimum absolute atomic E-state index is 0.113. The number of amides is 2. The Hall–Kier alpha value is -2.83. The zero-order valence-corrected chi connectivity index (χ0v) is 15.3. The van der Waals surface area contributed by atoms with E-state index in [2.05, 4.69) is 15.6 Å². The van der Waals surface area contributed by atoms with Gasteiger partial charge in [-0.1, -0.05) is 26.0 Å². The summed E-state index contributed by atoms with van der Waals surface area (Å²) in [6, 6.07) is 7.50. The van der Waals surface area contributed by atoms with Crippen molar-refractivity contribution >= 4 is 11.8 Å². The van der Waals surface area contributed by atoms with Crippen molar-refractivity contribution in [2.24, 2.45) is 0 Å². The highest BCUT2D eigenvalue weighted by Gasteiger charge is 2.29. The summed E-state index contributed by atoms with van der Waals surface area (Å²) in [6.07, 6.45) is 3.37. The number of imidazole rings is 1. The van der Waals surface area contributed by atoms with Gasteiger partial charge >= 0.3 is 0 Å². The van der Waals surface area contributed by atoms with Crippen LogP contribution in [0.15, 0.2) is 30.5 Å². The van der Waals surface area contributed by atoms with Gasteiger partial charge in [0.05, 0.1) is 13.2 Å². The van der Waals surface area contributed by atoms with E-state index < -0.39 is 0 Å². The van der Waals surface area contributed by atoms with E-state index in [1.54, 1.807) is 17.9 Å². The number of nitrogens with zero attached hydrogens (tertiary/aromatic N) is 2. The van der Waals surface area contributed by atoms with Crippen LogP contribution in [0.3, 0.4) is 0 Å². The number of nitrogens with one attached hydrogen (secondary N) is 2. The van der Waals surface area contributed by atoms with Gasteiger partial charge in [-0.15, -0.1) is 0 Å². The number of carbonyl (C=O) groups excluding carboxylic acids is 2. The van der Waals surface area contributed by atoms with E-state index in [4.69, 9.17) is 4.74 Å². The lowest BCUT2D eigenvalue weighted by molar-refractivity contribution is 0.0894. The summed E-state index contributed by atoms with van der Waals surface area (Å²) >= 11 is 0. The van der Waals surface area contributed by atoms with Crippen LogP contribution in [0.2, 0.25) is 0 Å². The van der Waals surface area contributed by atoms with Crippen LogP contribution in [0.5, 0.6) is 5.75 Å². The Kier molecular flexibility index (Phi) is 5.25. The highest BCUT2D eigenvalue weighted by atomic mass is 16.5. The molecule has 0 aliphatic carbocycles. The van der Waals surface area contributed by atoms with Gasteiger partial charge < -0.3 is 19.9 Å². The number of ether oxygens (including phenoxy) is 1. The van der Waals surface area contributed by atoms with Gasteiger partial charge in [-0.05, 0) is 30.5 Å². The molecule has 2 N–H and O–H groups in total. The van der Waals surface area contributed by atoms with Crippen LogP contribution in [0.4, 0.5) is 0 Å². The number of benzene rings is 1. The summed E-state index contributed by atoms with van der Waals surface area (Å²) < 4.78 is 6.91. The van der Waals surface area contributed by atoms with Crippen molar-refractivity contribution in [2.45, 2.75) is 45.3 Å². The molecular weight excluding hydrogens is 332 g/mol. The van der Waals surface area contributed by atoms with E-state index in [0.717, 1.165) is 24.2 Å². The summed E-state index contributed by atoms with van der Waals surface area (Å²) in [5.41, 5.74) is 1.25. The number of carbonyl (C=O) groups is 2. The molecule has 1 aliphatic rings. The Labute approximate surface area is 152 Å². The predicted molar refractivity (Wildman–Crippen MR) is 97.3 cm³/mol. The van der Waals surface area contributed by atoms with Crippen LogP contribution in [-0.2, 0) is 6.54 Å². The predicted octanol–water partition coefficient (Wildman–Crippen LogP) is 2.29. The fourth-order valence-corrected chi connectivity index (χ4v) is 3.09. The van der Waals surface area contributed by atoms with Crippen molar-refractivity contribution in [1.29, 1.82) is 0 Å². The lowest BCUT2D eigenvalue weighted by Crippen LogP contribution is -2.38. The molecule has 26 heavy (non-hydrogen) atoms. The maximum Gasteiger partial charge on any atom is 0.287 e. The fraction of sp³-hybridized carbons (Fsp3) is 0.421. The summed E-state index contributed by atoms with van der Waals surface area (Å²) in [5.74, 6) is 0.511. The van der Waals surface area contributed by atoms with Crippen LogP contribution >= 0.6 is 0 Å². The number of hydrogen-bond donors (Lipinski definition) is 2. The second-order valence-corrected chi connectivity index (χ2v) is 6.39. The Morgan fingerprint density at radius 3 is 2.65 bits per heavy atom. The SMILES string of the molecule is CCC(CC)NC(=O)c1cn2c(n1)C(=O)NC(c1ccc(OC)cc1)C2. The number of rotatable bonds is 6. The van der Waals surface area contributed by atoms with Gasteiger partial charge in [-0.2, -0.15) is 0 Å². The average molecular weight is 356 g/mol. The standard InChI is InChI=1S/C19H24N4O3/c1-4-13(5-2)20-18(24)16-11-23-10-15(22-19(25)17(23)21-16)12-6-8-14(26-3)9-7-12/h6-9,11,13,15H,4-5,10H2,1-3H3,(H,20,24)(H,22,25). The zero-order valence-electron chi connectivity index (χ0n) is 15.3. The Balaban J connectivity index is 1.78. The highest BCUT2D eigenvalue weighted by Crippen LogP contribution is 2.23. The van der Waals surface area contributed by atoms with E-state index in [1.165, 1.54) is 0 Å². The maximum absolute atomic E-state index is 12.4. The van der Waals surface area contributed by atoms with E-state index >= 15 is 0 Å². The van der Waals surface area contributed by atoms with E-state index in [1.807, 2.05) is 38.1 Å². The number of fused-ring (bicyclic) bond motifs is 1. The molecule has 1 aliphatic heterocycles. The van der Waals surface area contributed by atoms with Gasteiger partial charge in [0.1, 0.15) is 11.4 Å². The Morgan fingerprint density at radius 1 is 1.35 bits per heavy atom. The molecule has 0 saturated carbocycles. The lowest BCUT2D eigenvalue weighted by atomic mass is 10.1. The van der Waals surface area contributed by atoms with Crippen LogP contribution in [0.25, 0.3) is 0 Å². The molecule has 1 unspecified atom stereocenters. The van der Waals surface area contributed by atoms with Crippen LogP contribution < -0.4 is 15.4 Å². The molecule has 0 spiro atoms. The van der Waals surface area contributed by atoms with Gasteiger partial charge in [-0.25, -0.2) is 4.98 Å². The van der Waals surface area contributed by atoms with Crippen LogP contribution in [0, 0.1) is 0 Å². The highest BCUT2D eigenvalue weighted by molar-refractivity contribution is 5.96. The van der Waals surface area contributed by atoms with Crippen LogP contribution in [-0.4, -0.2) is 34.5 Å². The molecule has 0 fully saturated rings. The molecule has 1 aromatic heterocycles. The molecule has 0 radical (unpaired) electrons. The fourth-order valence-electron chi connectivity index (χ4n) is 3.09. The Morgan fingerprint density at radius 2 is 2.04 bits per heavy atom. The van der Waals surface area contributed by atoms with Crippen molar-refractivity contribution in [1.82, 2.24) is 20.2 Å². The second-order valence-electron chi connectivity index (χ2n) is 6.39. The Bertz CT molecular complexity index is 794. The van der Waals surface area contributed by atoms with Crippen molar-refractivity contribution in [3.8, 4) is 5.75 Å². The zero-order chi connectivity index (χ0) is 18.7. The topological polar surface area (TPSA) is 85.2 Å². The molecule has 2 amide bonds. The molecule has 138 valence electrons. The molecule has 7 heteroatoms. The molecule has 0 bridgehead atoms. The summed E-state index contributed by atoms with van der Waals surface area (Å²) in [6.45, 7) is 4.58. The third-order valence-electron chi connectivity index (χ3n) is 4.74. The number of methoxy groups -OCH3 is 1. The minimum Gasteiger partial charge on any atom is -0.497 e. The van der Waals surface area contributed by atoms with Crippen molar-refractivity contribution in [2.75, 3.05) is 7.11 Å². The number of hydrogen-bond acceptors (Lipinski definition) is 4.